The van der Waals surface area contributed by atoms with Gasteiger partial charge < -0.3 is 5.32 Å². The van der Waals surface area contributed by atoms with Crippen molar-refractivity contribution in [3.63, 3.8) is 0 Å². The highest BCUT2D eigenvalue weighted by atomic mass is 35.5. The molecule has 1 N–H and O–H groups in total. The summed E-state index contributed by atoms with van der Waals surface area (Å²) in [5, 5.41) is 4.33. The third-order valence-electron chi connectivity index (χ3n) is 2.75. The van der Waals surface area contributed by atoms with Crippen LogP contribution >= 0.6 is 46.4 Å². The van der Waals surface area contributed by atoms with Gasteiger partial charge in [0.25, 0.3) is 5.91 Å². The van der Waals surface area contributed by atoms with Crippen molar-refractivity contribution in [1.82, 2.24) is 10.3 Å². The standard InChI is InChI=1S/C14H10Cl4N2O/c15-10-2-1-8(11(16)6-10)3-4-19-14(21)9-5-12(17)13(18)20-7-9/h1-2,5-7H,3-4H2,(H,19,21). The van der Waals surface area contributed by atoms with Gasteiger partial charge in [0.15, 0.2) is 0 Å². The smallest absolute Gasteiger partial charge is 0.252 e. The molecule has 7 heteroatoms. The molecule has 0 fully saturated rings. The van der Waals surface area contributed by atoms with Crippen LogP contribution in [-0.4, -0.2) is 17.4 Å². The van der Waals surface area contributed by atoms with Crippen molar-refractivity contribution in [1.29, 1.82) is 0 Å². The SMILES string of the molecule is O=C(NCCc1ccc(Cl)cc1Cl)c1cnc(Cl)c(Cl)c1. The molecule has 0 saturated carbocycles. The summed E-state index contributed by atoms with van der Waals surface area (Å²) in [5.74, 6) is -0.272. The van der Waals surface area contributed by atoms with Crippen molar-refractivity contribution in [3.8, 4) is 0 Å². The number of pyridine rings is 1. The average Bonchev–Trinajstić information content (AvgIpc) is 2.44. The minimum absolute atomic E-state index is 0.168. The zero-order valence-corrected chi connectivity index (χ0v) is 13.7. The van der Waals surface area contributed by atoms with Gasteiger partial charge in [-0.2, -0.15) is 0 Å². The molecule has 0 spiro atoms. The summed E-state index contributed by atoms with van der Waals surface area (Å²) in [6, 6.07) is 6.73. The molecule has 2 aromatic rings. The first-order valence-corrected chi connectivity index (χ1v) is 7.51. The lowest BCUT2D eigenvalue weighted by atomic mass is 10.1. The van der Waals surface area contributed by atoms with Crippen molar-refractivity contribution >= 4 is 52.3 Å². The predicted octanol–water partition coefficient (Wildman–Crippen LogP) is 4.67. The monoisotopic (exact) mass is 362 g/mol. The van der Waals surface area contributed by atoms with Crippen LogP contribution in [0.1, 0.15) is 15.9 Å². The van der Waals surface area contributed by atoms with Crippen molar-refractivity contribution in [2.24, 2.45) is 0 Å². The van der Waals surface area contributed by atoms with Crippen LogP contribution in [0.5, 0.6) is 0 Å². The molecular weight excluding hydrogens is 354 g/mol. The molecular formula is C14H10Cl4N2O. The summed E-state index contributed by atoms with van der Waals surface area (Å²) in [7, 11) is 0. The van der Waals surface area contributed by atoms with E-state index in [1.165, 1.54) is 12.3 Å². The Kier molecular flexibility index (Phi) is 5.71. The van der Waals surface area contributed by atoms with Gasteiger partial charge in [0.05, 0.1) is 10.6 Å². The van der Waals surface area contributed by atoms with Crippen molar-refractivity contribution in [2.75, 3.05) is 6.54 Å². The number of carbonyl (C=O) groups excluding carboxylic acids is 1. The Labute approximate surface area is 142 Å². The van der Waals surface area contributed by atoms with Crippen LogP contribution in [0.15, 0.2) is 30.5 Å². The molecule has 1 amide bonds. The fraction of sp³-hybridized carbons (Fsp3) is 0.143. The van der Waals surface area contributed by atoms with Gasteiger partial charge in [0, 0.05) is 22.8 Å². The normalized spacial score (nSPS) is 10.5. The Morgan fingerprint density at radius 1 is 1.10 bits per heavy atom. The third kappa shape index (κ3) is 4.48. The zero-order chi connectivity index (χ0) is 15.4. The molecule has 3 nitrogen and oxygen atoms in total. The van der Waals surface area contributed by atoms with Crippen LogP contribution in [-0.2, 0) is 6.42 Å². The lowest BCUT2D eigenvalue weighted by Crippen LogP contribution is -2.25. The van der Waals surface area contributed by atoms with Gasteiger partial charge in [-0.3, -0.25) is 4.79 Å². The van der Waals surface area contributed by atoms with Crippen LogP contribution < -0.4 is 5.32 Å². The van der Waals surface area contributed by atoms with Gasteiger partial charge in [0.1, 0.15) is 5.15 Å². The summed E-state index contributed by atoms with van der Waals surface area (Å²) < 4.78 is 0. The number of halogens is 4. The van der Waals surface area contributed by atoms with E-state index >= 15 is 0 Å². The largest absolute Gasteiger partial charge is 0.352 e. The number of nitrogens with zero attached hydrogens (tertiary/aromatic N) is 1. The summed E-state index contributed by atoms with van der Waals surface area (Å²) in [5.41, 5.74) is 1.26. The molecule has 1 aromatic carbocycles. The molecule has 0 aliphatic carbocycles. The molecule has 1 aromatic heterocycles. The molecule has 0 saturated heterocycles. The lowest BCUT2D eigenvalue weighted by Gasteiger charge is -2.07. The molecule has 110 valence electrons. The Morgan fingerprint density at radius 3 is 2.52 bits per heavy atom. The van der Waals surface area contributed by atoms with Crippen LogP contribution in [0.3, 0.4) is 0 Å². The van der Waals surface area contributed by atoms with Crippen LogP contribution in [0.4, 0.5) is 0 Å². The van der Waals surface area contributed by atoms with E-state index in [1.54, 1.807) is 12.1 Å². The molecule has 0 aliphatic rings. The Balaban J connectivity index is 1.93. The first kappa shape index (κ1) is 16.4. The summed E-state index contributed by atoms with van der Waals surface area (Å²) in [6.07, 6.45) is 1.97. The highest BCUT2D eigenvalue weighted by Gasteiger charge is 2.09. The van der Waals surface area contributed by atoms with Crippen LogP contribution in [0, 0.1) is 0 Å². The minimum Gasteiger partial charge on any atom is -0.352 e. The number of hydrogen-bond donors (Lipinski definition) is 1. The Morgan fingerprint density at radius 2 is 1.86 bits per heavy atom. The maximum absolute atomic E-state index is 11.9. The second-order valence-corrected chi connectivity index (χ2v) is 5.85. The van der Waals surface area contributed by atoms with E-state index in [2.05, 4.69) is 10.3 Å². The van der Waals surface area contributed by atoms with Crippen LogP contribution in [0.2, 0.25) is 20.2 Å². The molecule has 1 heterocycles. The average molecular weight is 364 g/mol. The number of amides is 1. The summed E-state index contributed by atoms with van der Waals surface area (Å²) in [4.78, 5) is 15.8. The highest BCUT2D eigenvalue weighted by molar-refractivity contribution is 6.41. The maximum Gasteiger partial charge on any atom is 0.252 e. The van der Waals surface area contributed by atoms with Gasteiger partial charge in [-0.05, 0) is 30.2 Å². The number of aromatic nitrogens is 1. The third-order valence-corrected chi connectivity index (χ3v) is 4.03. The van der Waals surface area contributed by atoms with E-state index in [0.29, 0.717) is 28.6 Å². The zero-order valence-electron chi connectivity index (χ0n) is 10.7. The van der Waals surface area contributed by atoms with Crippen molar-refractivity contribution < 1.29 is 4.79 Å². The first-order chi connectivity index (χ1) is 9.97. The molecule has 2 rings (SSSR count). The predicted molar refractivity (Wildman–Crippen MR) is 86.8 cm³/mol. The van der Waals surface area contributed by atoms with E-state index in [9.17, 15) is 4.79 Å². The van der Waals surface area contributed by atoms with E-state index in [0.717, 1.165) is 5.56 Å². The minimum atomic E-state index is -0.272. The van der Waals surface area contributed by atoms with Crippen molar-refractivity contribution in [2.45, 2.75) is 6.42 Å². The number of hydrogen-bond acceptors (Lipinski definition) is 2. The Hall–Kier alpha value is -1.000. The summed E-state index contributed by atoms with van der Waals surface area (Å²) >= 11 is 23.4. The van der Waals surface area contributed by atoms with E-state index in [-0.39, 0.29) is 16.1 Å². The van der Waals surface area contributed by atoms with Gasteiger partial charge in [-0.25, -0.2) is 4.98 Å². The second kappa shape index (κ2) is 7.32. The molecule has 21 heavy (non-hydrogen) atoms. The van der Waals surface area contributed by atoms with E-state index < -0.39 is 0 Å². The molecule has 0 radical (unpaired) electrons. The van der Waals surface area contributed by atoms with Crippen molar-refractivity contribution in [3.05, 3.63) is 61.8 Å². The van der Waals surface area contributed by atoms with Crippen LogP contribution in [0.25, 0.3) is 0 Å². The van der Waals surface area contributed by atoms with Gasteiger partial charge in [-0.1, -0.05) is 52.5 Å². The lowest BCUT2D eigenvalue weighted by molar-refractivity contribution is 0.0954. The van der Waals surface area contributed by atoms with E-state index in [1.807, 2.05) is 6.07 Å². The first-order valence-electron chi connectivity index (χ1n) is 6.00. The topological polar surface area (TPSA) is 42.0 Å². The fourth-order valence-corrected chi connectivity index (χ4v) is 2.46. The number of benzene rings is 1. The molecule has 0 aliphatic heterocycles. The second-order valence-electron chi connectivity index (χ2n) is 4.24. The van der Waals surface area contributed by atoms with Gasteiger partial charge >= 0.3 is 0 Å². The molecule has 0 unspecified atom stereocenters. The van der Waals surface area contributed by atoms with Gasteiger partial charge in [-0.15, -0.1) is 0 Å². The maximum atomic E-state index is 11.9. The van der Waals surface area contributed by atoms with E-state index in [4.69, 9.17) is 46.4 Å². The fourth-order valence-electron chi connectivity index (χ4n) is 1.68. The molecule has 0 atom stereocenters. The highest BCUT2D eigenvalue weighted by Crippen LogP contribution is 2.21. The summed E-state index contributed by atoms with van der Waals surface area (Å²) in [6.45, 7) is 0.431. The quantitative estimate of drug-likeness (QED) is 0.802. The Bertz CT molecular complexity index is 676. The number of rotatable bonds is 4. The molecule has 0 bridgehead atoms. The number of carbonyl (C=O) groups is 1. The van der Waals surface area contributed by atoms with Gasteiger partial charge in [0.2, 0.25) is 0 Å². The number of nitrogens with one attached hydrogen (secondary N) is 1.